The number of hydrogen-bond donors (Lipinski definition) is 1. The largest absolute Gasteiger partial charge is 0.352 e. The number of rotatable bonds is 5. The quantitative estimate of drug-likeness (QED) is 0.683. The van der Waals surface area contributed by atoms with Crippen LogP contribution in [0.15, 0.2) is 0 Å². The van der Waals surface area contributed by atoms with Crippen molar-refractivity contribution in [1.29, 1.82) is 0 Å². The third-order valence-corrected chi connectivity index (χ3v) is 3.19. The highest BCUT2D eigenvalue weighted by Crippen LogP contribution is 2.22. The molecule has 1 fully saturated rings. The van der Waals surface area contributed by atoms with Crippen molar-refractivity contribution in [2.45, 2.75) is 50.9 Å². The molecule has 1 amide bonds. The van der Waals surface area contributed by atoms with Crippen molar-refractivity contribution < 1.29 is 4.79 Å². The maximum atomic E-state index is 11.5. The van der Waals surface area contributed by atoms with Crippen LogP contribution in [0.3, 0.4) is 0 Å². The summed E-state index contributed by atoms with van der Waals surface area (Å²) in [7, 11) is 0. The van der Waals surface area contributed by atoms with E-state index in [9.17, 15) is 4.79 Å². The molecule has 2 nitrogen and oxygen atoms in total. The van der Waals surface area contributed by atoms with Crippen molar-refractivity contribution in [3.63, 3.8) is 0 Å². The first kappa shape index (κ1) is 10.8. The van der Waals surface area contributed by atoms with Crippen LogP contribution in [-0.4, -0.2) is 17.3 Å². The lowest BCUT2D eigenvalue weighted by Crippen LogP contribution is -2.36. The van der Waals surface area contributed by atoms with Gasteiger partial charge in [0.25, 0.3) is 0 Å². The Morgan fingerprint density at radius 3 is 2.38 bits per heavy atom. The van der Waals surface area contributed by atoms with Crippen LogP contribution in [0.4, 0.5) is 0 Å². The molecule has 0 aliphatic heterocycles. The zero-order valence-electron chi connectivity index (χ0n) is 8.35. The Labute approximate surface area is 85.0 Å². The Morgan fingerprint density at radius 1 is 1.46 bits per heavy atom. The van der Waals surface area contributed by atoms with Crippen molar-refractivity contribution in [2.24, 2.45) is 5.92 Å². The van der Waals surface area contributed by atoms with Crippen LogP contribution in [0.1, 0.15) is 39.5 Å². The smallest absolute Gasteiger partial charge is 0.238 e. The van der Waals surface area contributed by atoms with Crippen LogP contribution < -0.4 is 5.32 Å². The fourth-order valence-corrected chi connectivity index (χ4v) is 1.84. The van der Waals surface area contributed by atoms with Crippen LogP contribution in [-0.2, 0) is 4.79 Å². The summed E-state index contributed by atoms with van der Waals surface area (Å²) >= 11 is 6.06. The fourth-order valence-electron chi connectivity index (χ4n) is 1.43. The maximum absolute atomic E-state index is 11.5. The Kier molecular flexibility index (Phi) is 4.04. The molecule has 0 aromatic carbocycles. The molecule has 76 valence electrons. The van der Waals surface area contributed by atoms with Gasteiger partial charge in [-0.15, -0.1) is 11.6 Å². The van der Waals surface area contributed by atoms with Crippen molar-refractivity contribution in [3.8, 4) is 0 Å². The second kappa shape index (κ2) is 4.85. The molecule has 3 heteroatoms. The minimum atomic E-state index is -0.337. The first-order valence-electron chi connectivity index (χ1n) is 5.13. The molecule has 1 N–H and O–H groups in total. The molecule has 0 radical (unpaired) electrons. The summed E-state index contributed by atoms with van der Waals surface area (Å²) in [6.07, 6.45) is 4.20. The van der Waals surface area contributed by atoms with Gasteiger partial charge >= 0.3 is 0 Å². The number of carbonyl (C=O) groups is 1. The molecular weight excluding hydrogens is 186 g/mol. The Morgan fingerprint density at radius 2 is 2.00 bits per heavy atom. The third kappa shape index (κ3) is 3.18. The molecular formula is C10H18ClNO. The normalized spacial score (nSPS) is 18.8. The topological polar surface area (TPSA) is 29.1 Å². The summed E-state index contributed by atoms with van der Waals surface area (Å²) in [5.74, 6) is 0.346. The molecule has 13 heavy (non-hydrogen) atoms. The number of halogens is 1. The molecule has 1 aliphatic rings. The molecule has 1 aliphatic carbocycles. The lowest BCUT2D eigenvalue weighted by molar-refractivity contribution is -0.121. The fraction of sp³-hybridized carbons (Fsp3) is 0.900. The van der Waals surface area contributed by atoms with E-state index < -0.39 is 0 Å². The van der Waals surface area contributed by atoms with Crippen LogP contribution in [0, 0.1) is 5.92 Å². The maximum Gasteiger partial charge on any atom is 0.238 e. The minimum Gasteiger partial charge on any atom is -0.352 e. The van der Waals surface area contributed by atoms with Gasteiger partial charge in [0.15, 0.2) is 0 Å². The minimum absolute atomic E-state index is 0.0258. The van der Waals surface area contributed by atoms with Crippen molar-refractivity contribution >= 4 is 17.5 Å². The highest BCUT2D eigenvalue weighted by molar-refractivity contribution is 6.31. The van der Waals surface area contributed by atoms with Gasteiger partial charge in [-0.2, -0.15) is 0 Å². The standard InChI is InChI=1S/C10H18ClNO/c1-3-7(4-2)9(11)10(13)12-8-5-6-8/h7-9H,3-6H2,1-2H3,(H,12,13). The van der Waals surface area contributed by atoms with E-state index in [-0.39, 0.29) is 11.3 Å². The highest BCUT2D eigenvalue weighted by atomic mass is 35.5. The van der Waals surface area contributed by atoms with E-state index in [4.69, 9.17) is 11.6 Å². The summed E-state index contributed by atoms with van der Waals surface area (Å²) in [6.45, 7) is 4.15. The molecule has 1 unspecified atom stereocenters. The van der Waals surface area contributed by atoms with Crippen molar-refractivity contribution in [1.82, 2.24) is 5.32 Å². The van der Waals surface area contributed by atoms with Gasteiger partial charge in [0.1, 0.15) is 5.38 Å². The van der Waals surface area contributed by atoms with Gasteiger partial charge in [0.05, 0.1) is 0 Å². The first-order chi connectivity index (χ1) is 6.19. The van der Waals surface area contributed by atoms with Gasteiger partial charge in [-0.25, -0.2) is 0 Å². The zero-order valence-corrected chi connectivity index (χ0v) is 9.10. The van der Waals surface area contributed by atoms with Gasteiger partial charge < -0.3 is 5.32 Å². The van der Waals surface area contributed by atoms with Crippen molar-refractivity contribution in [3.05, 3.63) is 0 Å². The van der Waals surface area contributed by atoms with Gasteiger partial charge in [-0.1, -0.05) is 26.7 Å². The molecule has 1 saturated carbocycles. The zero-order chi connectivity index (χ0) is 9.84. The average molecular weight is 204 g/mol. The first-order valence-corrected chi connectivity index (χ1v) is 5.57. The molecule has 1 atom stereocenters. The second-order valence-corrected chi connectivity index (χ2v) is 4.23. The Bertz CT molecular complexity index is 176. The molecule has 1 rings (SSSR count). The number of amides is 1. The molecule has 0 aromatic rings. The predicted octanol–water partition coefficient (Wildman–Crippen LogP) is 2.31. The SMILES string of the molecule is CCC(CC)C(Cl)C(=O)NC1CC1. The van der Waals surface area contributed by atoms with E-state index in [1.165, 1.54) is 0 Å². The molecule has 0 spiro atoms. The monoisotopic (exact) mass is 203 g/mol. The molecule has 0 bridgehead atoms. The number of carbonyl (C=O) groups excluding carboxylic acids is 1. The average Bonchev–Trinajstić information content (AvgIpc) is 2.90. The number of hydrogen-bond acceptors (Lipinski definition) is 1. The molecule has 0 heterocycles. The lowest BCUT2D eigenvalue weighted by atomic mass is 9.98. The summed E-state index contributed by atoms with van der Waals surface area (Å²) in [6, 6.07) is 0.420. The van der Waals surface area contributed by atoms with E-state index in [2.05, 4.69) is 19.2 Å². The van der Waals surface area contributed by atoms with Gasteiger partial charge in [0.2, 0.25) is 5.91 Å². The number of alkyl halides is 1. The highest BCUT2D eigenvalue weighted by Gasteiger charge is 2.29. The van der Waals surface area contributed by atoms with E-state index in [0.29, 0.717) is 12.0 Å². The van der Waals surface area contributed by atoms with E-state index in [1.54, 1.807) is 0 Å². The van der Waals surface area contributed by atoms with Gasteiger partial charge in [-0.3, -0.25) is 4.79 Å². The van der Waals surface area contributed by atoms with E-state index in [1.807, 2.05) is 0 Å². The lowest BCUT2D eigenvalue weighted by Gasteiger charge is -2.18. The van der Waals surface area contributed by atoms with Crippen LogP contribution in [0.25, 0.3) is 0 Å². The summed E-state index contributed by atoms with van der Waals surface area (Å²) in [5.41, 5.74) is 0. The van der Waals surface area contributed by atoms with Gasteiger partial charge in [-0.05, 0) is 18.8 Å². The van der Waals surface area contributed by atoms with Crippen molar-refractivity contribution in [2.75, 3.05) is 0 Å². The van der Waals surface area contributed by atoms with Crippen LogP contribution in [0.5, 0.6) is 0 Å². The third-order valence-electron chi connectivity index (χ3n) is 2.64. The summed E-state index contributed by atoms with van der Waals surface area (Å²) in [5, 5.41) is 2.59. The van der Waals surface area contributed by atoms with E-state index >= 15 is 0 Å². The Balaban J connectivity index is 2.33. The van der Waals surface area contributed by atoms with Crippen LogP contribution >= 0.6 is 11.6 Å². The predicted molar refractivity (Wildman–Crippen MR) is 54.9 cm³/mol. The van der Waals surface area contributed by atoms with Crippen LogP contribution in [0.2, 0.25) is 0 Å². The molecule has 0 aromatic heterocycles. The summed E-state index contributed by atoms with van der Waals surface area (Å²) in [4.78, 5) is 11.5. The molecule has 0 saturated heterocycles. The second-order valence-electron chi connectivity index (χ2n) is 3.76. The van der Waals surface area contributed by atoms with E-state index in [0.717, 1.165) is 25.7 Å². The number of nitrogens with one attached hydrogen (secondary N) is 1. The summed E-state index contributed by atoms with van der Waals surface area (Å²) < 4.78 is 0. The van der Waals surface area contributed by atoms with Gasteiger partial charge in [0, 0.05) is 6.04 Å². The Hall–Kier alpha value is -0.240.